The first-order valence-electron chi connectivity index (χ1n) is 9.15. The van der Waals surface area contributed by atoms with Crippen molar-refractivity contribution in [2.24, 2.45) is 0 Å². The Morgan fingerprint density at radius 3 is 2.59 bits per heavy atom. The molecule has 3 rings (SSSR count). The Hall–Kier alpha value is -1.96. The highest BCUT2D eigenvalue weighted by molar-refractivity contribution is 7.89. The van der Waals surface area contributed by atoms with Gasteiger partial charge in [-0.05, 0) is 75.3 Å². The molecule has 1 saturated heterocycles. The van der Waals surface area contributed by atoms with Gasteiger partial charge in [-0.3, -0.25) is 4.98 Å². The van der Waals surface area contributed by atoms with Gasteiger partial charge in [-0.15, -0.1) is 0 Å². The molecule has 7 heteroatoms. The van der Waals surface area contributed by atoms with Gasteiger partial charge in [-0.1, -0.05) is 6.07 Å². The molecule has 6 nitrogen and oxygen atoms in total. The van der Waals surface area contributed by atoms with Crippen molar-refractivity contribution in [1.29, 1.82) is 0 Å². The number of aromatic nitrogens is 1. The van der Waals surface area contributed by atoms with E-state index in [2.05, 4.69) is 16.9 Å². The first-order chi connectivity index (χ1) is 12.9. The number of likely N-dealkylation sites (tertiary alicyclic amines) is 1. The van der Waals surface area contributed by atoms with E-state index in [0.29, 0.717) is 17.2 Å². The summed E-state index contributed by atoms with van der Waals surface area (Å²) in [7, 11) is 0.0271. The summed E-state index contributed by atoms with van der Waals surface area (Å²) >= 11 is 0. The second-order valence-corrected chi connectivity index (χ2v) is 8.97. The van der Waals surface area contributed by atoms with Crippen molar-refractivity contribution in [3.63, 3.8) is 0 Å². The van der Waals surface area contributed by atoms with E-state index in [-0.39, 0.29) is 6.04 Å². The standard InChI is InChI=1S/C20H27N3O3S/c1-16-13-19(6-7-20(16)26-3)27(24,25)23(15-17-5-4-10-21-14-17)18-8-11-22(2)12-9-18/h4-7,10,13-14,18H,8-9,11-12,15H2,1-3H3. The lowest BCUT2D eigenvalue weighted by Gasteiger charge is -2.36. The lowest BCUT2D eigenvalue weighted by atomic mass is 10.1. The minimum absolute atomic E-state index is 0.0196. The topological polar surface area (TPSA) is 62.7 Å². The van der Waals surface area contributed by atoms with Gasteiger partial charge in [-0.2, -0.15) is 4.31 Å². The molecule has 146 valence electrons. The molecular formula is C20H27N3O3S. The molecule has 0 N–H and O–H groups in total. The average molecular weight is 390 g/mol. The second kappa shape index (κ2) is 8.37. The fraction of sp³-hybridized carbons (Fsp3) is 0.450. The normalized spacial score (nSPS) is 16.6. The second-order valence-electron chi connectivity index (χ2n) is 7.08. The minimum Gasteiger partial charge on any atom is -0.496 e. The maximum Gasteiger partial charge on any atom is 0.243 e. The summed E-state index contributed by atoms with van der Waals surface area (Å²) in [6, 6.07) is 8.79. The van der Waals surface area contributed by atoms with Crippen LogP contribution in [0.15, 0.2) is 47.6 Å². The van der Waals surface area contributed by atoms with Crippen LogP contribution in [0.5, 0.6) is 5.75 Å². The number of hydrogen-bond donors (Lipinski definition) is 0. The van der Waals surface area contributed by atoms with Crippen molar-refractivity contribution in [3.05, 3.63) is 53.9 Å². The highest BCUT2D eigenvalue weighted by Gasteiger charge is 2.33. The fourth-order valence-electron chi connectivity index (χ4n) is 3.51. The third kappa shape index (κ3) is 4.48. The summed E-state index contributed by atoms with van der Waals surface area (Å²) in [5.41, 5.74) is 1.70. The van der Waals surface area contributed by atoms with Crippen LogP contribution in [-0.2, 0) is 16.6 Å². The molecule has 1 fully saturated rings. The van der Waals surface area contributed by atoms with Crippen LogP contribution in [0.25, 0.3) is 0 Å². The number of hydrogen-bond acceptors (Lipinski definition) is 5. The van der Waals surface area contributed by atoms with E-state index in [4.69, 9.17) is 4.74 Å². The van der Waals surface area contributed by atoms with Gasteiger partial charge < -0.3 is 9.64 Å². The Bertz CT molecular complexity index is 863. The molecule has 27 heavy (non-hydrogen) atoms. The van der Waals surface area contributed by atoms with Crippen molar-refractivity contribution in [1.82, 2.24) is 14.2 Å². The molecule has 1 aliphatic heterocycles. The Morgan fingerprint density at radius 1 is 1.26 bits per heavy atom. The van der Waals surface area contributed by atoms with Crippen LogP contribution in [0.4, 0.5) is 0 Å². The van der Waals surface area contributed by atoms with Crippen molar-refractivity contribution in [3.8, 4) is 5.75 Å². The van der Waals surface area contributed by atoms with E-state index < -0.39 is 10.0 Å². The van der Waals surface area contributed by atoms with E-state index in [1.165, 1.54) is 0 Å². The maximum absolute atomic E-state index is 13.5. The summed E-state index contributed by atoms with van der Waals surface area (Å²) in [6.45, 7) is 3.98. The Morgan fingerprint density at radius 2 is 2.00 bits per heavy atom. The van der Waals surface area contributed by atoms with Crippen LogP contribution >= 0.6 is 0 Å². The Labute approximate surface area is 161 Å². The van der Waals surface area contributed by atoms with Gasteiger partial charge >= 0.3 is 0 Å². The number of methoxy groups -OCH3 is 1. The lowest BCUT2D eigenvalue weighted by molar-refractivity contribution is 0.179. The largest absolute Gasteiger partial charge is 0.496 e. The molecule has 0 radical (unpaired) electrons. The smallest absolute Gasteiger partial charge is 0.243 e. The number of rotatable bonds is 6. The predicted octanol–water partition coefficient (Wildman–Crippen LogP) is 2.68. The quantitative estimate of drug-likeness (QED) is 0.760. The van der Waals surface area contributed by atoms with E-state index in [1.807, 2.05) is 19.1 Å². The van der Waals surface area contributed by atoms with E-state index >= 15 is 0 Å². The SMILES string of the molecule is COc1ccc(S(=O)(=O)N(Cc2cccnc2)C2CCN(C)CC2)cc1C. The molecule has 0 aliphatic carbocycles. The molecule has 0 amide bonds. The fourth-order valence-corrected chi connectivity index (χ4v) is 5.27. The number of piperidine rings is 1. The van der Waals surface area contributed by atoms with Gasteiger partial charge in [-0.25, -0.2) is 8.42 Å². The summed E-state index contributed by atoms with van der Waals surface area (Å²) < 4.78 is 34.0. The van der Waals surface area contributed by atoms with Crippen LogP contribution in [0.3, 0.4) is 0 Å². The van der Waals surface area contributed by atoms with Crippen LogP contribution in [0.1, 0.15) is 24.0 Å². The maximum atomic E-state index is 13.5. The van der Waals surface area contributed by atoms with Crippen molar-refractivity contribution in [2.75, 3.05) is 27.2 Å². The molecular weight excluding hydrogens is 362 g/mol. The molecule has 1 aromatic carbocycles. The highest BCUT2D eigenvalue weighted by Crippen LogP contribution is 2.28. The molecule has 0 spiro atoms. The van der Waals surface area contributed by atoms with E-state index in [9.17, 15) is 8.42 Å². The van der Waals surface area contributed by atoms with Crippen molar-refractivity contribution in [2.45, 2.75) is 37.2 Å². The number of aryl methyl sites for hydroxylation is 1. The third-order valence-electron chi connectivity index (χ3n) is 5.13. The molecule has 0 bridgehead atoms. The van der Waals surface area contributed by atoms with Gasteiger partial charge in [0.05, 0.1) is 12.0 Å². The Balaban J connectivity index is 1.96. The van der Waals surface area contributed by atoms with Gasteiger partial charge in [0.1, 0.15) is 5.75 Å². The highest BCUT2D eigenvalue weighted by atomic mass is 32.2. The monoisotopic (exact) mass is 389 g/mol. The molecule has 0 saturated carbocycles. The summed E-state index contributed by atoms with van der Waals surface area (Å²) in [4.78, 5) is 6.69. The van der Waals surface area contributed by atoms with E-state index in [1.54, 1.807) is 42.0 Å². The number of ether oxygens (including phenoxy) is 1. The van der Waals surface area contributed by atoms with Gasteiger partial charge in [0, 0.05) is 25.0 Å². The van der Waals surface area contributed by atoms with Crippen LogP contribution in [0.2, 0.25) is 0 Å². The number of pyridine rings is 1. The van der Waals surface area contributed by atoms with Crippen LogP contribution in [-0.4, -0.2) is 55.9 Å². The lowest BCUT2D eigenvalue weighted by Crippen LogP contribution is -2.46. The van der Waals surface area contributed by atoms with Crippen molar-refractivity contribution < 1.29 is 13.2 Å². The molecule has 2 heterocycles. The minimum atomic E-state index is -3.63. The summed E-state index contributed by atoms with van der Waals surface area (Å²) in [5, 5.41) is 0. The van der Waals surface area contributed by atoms with E-state index in [0.717, 1.165) is 37.1 Å². The summed E-state index contributed by atoms with van der Waals surface area (Å²) in [5.74, 6) is 0.687. The zero-order valence-electron chi connectivity index (χ0n) is 16.1. The number of benzene rings is 1. The van der Waals surface area contributed by atoms with Gasteiger partial charge in [0.15, 0.2) is 0 Å². The van der Waals surface area contributed by atoms with Crippen molar-refractivity contribution >= 4 is 10.0 Å². The average Bonchev–Trinajstić information content (AvgIpc) is 2.67. The Kier molecular flexibility index (Phi) is 6.14. The zero-order valence-corrected chi connectivity index (χ0v) is 16.9. The molecule has 2 aromatic rings. The molecule has 1 aromatic heterocycles. The van der Waals surface area contributed by atoms with Gasteiger partial charge in [0.25, 0.3) is 0 Å². The molecule has 0 atom stereocenters. The molecule has 1 aliphatic rings. The third-order valence-corrected chi connectivity index (χ3v) is 7.02. The first-order valence-corrected chi connectivity index (χ1v) is 10.6. The number of nitrogens with zero attached hydrogens (tertiary/aromatic N) is 3. The number of sulfonamides is 1. The first kappa shape index (κ1) is 19.8. The predicted molar refractivity (Wildman–Crippen MR) is 105 cm³/mol. The van der Waals surface area contributed by atoms with Crippen LogP contribution in [0, 0.1) is 6.92 Å². The molecule has 0 unspecified atom stereocenters. The van der Waals surface area contributed by atoms with Crippen LogP contribution < -0.4 is 4.74 Å². The summed E-state index contributed by atoms with van der Waals surface area (Å²) in [6.07, 6.45) is 5.08. The zero-order chi connectivity index (χ0) is 19.4. The van der Waals surface area contributed by atoms with Gasteiger partial charge in [0.2, 0.25) is 10.0 Å².